The van der Waals surface area contributed by atoms with Gasteiger partial charge in [0.2, 0.25) is 0 Å². The van der Waals surface area contributed by atoms with Crippen LogP contribution in [0.2, 0.25) is 0 Å². The Morgan fingerprint density at radius 1 is 0.466 bits per heavy atom. The fraction of sp³-hybridized carbons (Fsp3) is 0.175. The predicted molar refractivity (Wildman–Crippen MR) is 357 cm³/mol. The van der Waals surface area contributed by atoms with Crippen LogP contribution >= 0.6 is 0 Å². The average molecular weight is 1340 g/mol. The van der Waals surface area contributed by atoms with E-state index in [1.807, 2.05) is 36.5 Å². The van der Waals surface area contributed by atoms with Crippen molar-refractivity contribution in [2.24, 2.45) is 0 Å². The van der Waals surface area contributed by atoms with Crippen molar-refractivity contribution in [1.29, 1.82) is 0 Å². The minimum atomic E-state index is -0.649. The summed E-state index contributed by atoms with van der Waals surface area (Å²) < 4.78 is 41.0. The van der Waals surface area contributed by atoms with Gasteiger partial charge >= 0.3 is 0 Å². The topological polar surface area (TPSA) is 33.5 Å². The Morgan fingerprint density at radius 2 is 1.03 bits per heavy atom. The van der Waals surface area contributed by atoms with Gasteiger partial charge in [0.1, 0.15) is 17.5 Å². The van der Waals surface area contributed by atoms with Gasteiger partial charge in [-0.2, -0.15) is 6.07 Å². The molecule has 442 valence electrons. The van der Waals surface area contributed by atoms with Gasteiger partial charge in [0, 0.05) is 78.5 Å². The summed E-state index contributed by atoms with van der Waals surface area (Å²) in [6, 6.07) is 79.6. The van der Waals surface area contributed by atoms with E-state index in [1.54, 1.807) is 0 Å². The summed E-state index contributed by atoms with van der Waals surface area (Å²) in [5, 5.41) is 2.11. The average Bonchev–Trinajstić information content (AvgIpc) is 3.47. The van der Waals surface area contributed by atoms with Crippen molar-refractivity contribution in [3.05, 3.63) is 271 Å². The fourth-order valence-corrected chi connectivity index (χ4v) is 12.2. The molecule has 0 N–H and O–H groups in total. The molecule has 88 heavy (non-hydrogen) atoms. The van der Waals surface area contributed by atoms with Crippen molar-refractivity contribution < 1.29 is 34.6 Å². The van der Waals surface area contributed by atoms with Gasteiger partial charge in [0.15, 0.2) is 0 Å². The van der Waals surface area contributed by atoms with Crippen LogP contribution in [-0.4, -0.2) is 9.55 Å². The van der Waals surface area contributed by atoms with Gasteiger partial charge in [-0.05, 0) is 144 Å². The Hall–Kier alpha value is -8.90. The zero-order chi connectivity index (χ0) is 60.5. The fourth-order valence-electron chi connectivity index (χ4n) is 12.2. The van der Waals surface area contributed by atoms with E-state index in [0.717, 1.165) is 101 Å². The predicted octanol–water partition coefficient (Wildman–Crippen LogP) is 22.4. The van der Waals surface area contributed by atoms with Gasteiger partial charge in [-0.25, -0.2) is 13.8 Å². The second-order valence-corrected chi connectivity index (χ2v) is 25.6. The number of benzene rings is 10. The van der Waals surface area contributed by atoms with Gasteiger partial charge in [-0.3, -0.25) is 0 Å². The van der Waals surface area contributed by atoms with Crippen LogP contribution in [0.25, 0.3) is 83.3 Å². The smallest absolute Gasteiger partial charge is 0.135 e. The molecule has 12 aromatic rings. The summed E-state index contributed by atoms with van der Waals surface area (Å²) in [4.78, 5) is 9.33. The molecule has 2 aromatic heterocycles. The largest absolute Gasteiger partial charge is 0.509 e. The van der Waals surface area contributed by atoms with Gasteiger partial charge in [0.25, 0.3) is 0 Å². The van der Waals surface area contributed by atoms with Crippen molar-refractivity contribution in [3.63, 3.8) is 0 Å². The zero-order valence-corrected chi connectivity index (χ0v) is 53.6. The normalized spacial score (nSPS) is 12.6. The van der Waals surface area contributed by atoms with Crippen LogP contribution in [0.3, 0.4) is 0 Å². The summed E-state index contributed by atoms with van der Waals surface area (Å²) in [6.07, 6.45) is 1.89. The van der Waals surface area contributed by atoms with E-state index >= 15 is 8.78 Å². The minimum absolute atomic E-state index is 0. The third-order valence-corrected chi connectivity index (χ3v) is 16.9. The summed E-state index contributed by atoms with van der Waals surface area (Å²) in [5.74, 6) is 0.953. The first-order valence-corrected chi connectivity index (χ1v) is 30.1. The van der Waals surface area contributed by atoms with Crippen LogP contribution in [0.15, 0.2) is 219 Å². The molecule has 5 nitrogen and oxygen atoms in total. The molecule has 0 spiro atoms. The van der Waals surface area contributed by atoms with Gasteiger partial charge in [-0.1, -0.05) is 202 Å². The first kappa shape index (κ1) is 59.4. The Bertz CT molecular complexity index is 4490. The molecule has 0 fully saturated rings. The van der Waals surface area contributed by atoms with Gasteiger partial charge in [-0.15, -0.1) is 53.6 Å². The third-order valence-electron chi connectivity index (χ3n) is 16.9. The maximum absolute atomic E-state index is 15.8. The van der Waals surface area contributed by atoms with Gasteiger partial charge < -0.3 is 19.1 Å². The number of halogens is 2. The minimum Gasteiger partial charge on any atom is -0.509 e. The molecule has 10 aromatic carbocycles. The molecule has 8 heteroatoms. The Morgan fingerprint density at radius 3 is 1.64 bits per heavy atom. The van der Waals surface area contributed by atoms with Crippen LogP contribution in [-0.2, 0) is 31.9 Å². The third kappa shape index (κ3) is 11.4. The second kappa shape index (κ2) is 23.7. The summed E-state index contributed by atoms with van der Waals surface area (Å²) in [7, 11) is 0. The number of ether oxygens (including phenoxy) is 1. The molecule has 1 aliphatic heterocycles. The molecule has 0 unspecified atom stereocenters. The van der Waals surface area contributed by atoms with E-state index in [2.05, 4.69) is 266 Å². The monoisotopic (exact) mass is 1330 g/mol. The Kier molecular flexibility index (Phi) is 16.0. The van der Waals surface area contributed by atoms with Crippen LogP contribution < -0.4 is 14.5 Å². The Labute approximate surface area is 531 Å². The van der Waals surface area contributed by atoms with Crippen LogP contribution in [0.4, 0.5) is 31.5 Å². The molecular formula is C80H69F2N4OPt-3. The van der Waals surface area contributed by atoms with E-state index in [1.165, 1.54) is 28.8 Å². The van der Waals surface area contributed by atoms with Crippen molar-refractivity contribution in [1.82, 2.24) is 9.55 Å². The number of rotatable bonds is 12. The summed E-state index contributed by atoms with van der Waals surface area (Å²) in [6.45, 7) is 24.2. The van der Waals surface area contributed by atoms with Crippen LogP contribution in [0, 0.1) is 30.4 Å². The molecule has 0 saturated heterocycles. The van der Waals surface area contributed by atoms with E-state index in [-0.39, 0.29) is 43.7 Å². The van der Waals surface area contributed by atoms with E-state index in [9.17, 15) is 0 Å². The van der Waals surface area contributed by atoms with E-state index in [0.29, 0.717) is 28.3 Å². The molecule has 0 amide bonds. The van der Waals surface area contributed by atoms with Crippen molar-refractivity contribution in [3.8, 4) is 73.0 Å². The van der Waals surface area contributed by atoms with E-state index in [4.69, 9.17) is 9.72 Å². The molecule has 0 radical (unpaired) electrons. The van der Waals surface area contributed by atoms with E-state index < -0.39 is 11.6 Å². The number of anilines is 4. The molecular weight excluding hydrogens is 1270 g/mol. The number of pyridine rings is 1. The summed E-state index contributed by atoms with van der Waals surface area (Å²) in [5.41, 5.74) is 18.5. The second-order valence-electron chi connectivity index (χ2n) is 25.6. The maximum Gasteiger partial charge on any atom is 0.135 e. The van der Waals surface area contributed by atoms with Crippen LogP contribution in [0.5, 0.6) is 11.5 Å². The molecule has 1 aliphatic rings. The molecule has 13 rings (SSSR count). The number of hydrogen-bond donors (Lipinski definition) is 0. The quantitative estimate of drug-likeness (QED) is 0.114. The van der Waals surface area contributed by atoms with Crippen molar-refractivity contribution in [2.45, 2.75) is 91.9 Å². The number of nitrogens with zero attached hydrogens (tertiary/aromatic N) is 4. The molecule has 0 bridgehead atoms. The SMILES string of the molecule is CC(C)c1cc(-c2cc(C(C)(C)C)cc(-c3cc(F)cc(F)c3)c2N2[CH-]N(c3[c-]c(Oc4[c-]c5c(cc4)c4ccccc4n5-c4cc(C(C)(C)C)ccn4)cc(-c4c(-c5ccccc5)cccc4-c4ccccc4)c3)c3ccccc32)cc(C(C)C)c1.[Pt]. The van der Waals surface area contributed by atoms with Crippen molar-refractivity contribution in [2.75, 3.05) is 9.80 Å². The number of aromatic nitrogens is 2. The number of para-hydroxylation sites is 3. The van der Waals surface area contributed by atoms with Crippen molar-refractivity contribution >= 4 is 44.6 Å². The molecule has 0 aliphatic carbocycles. The summed E-state index contributed by atoms with van der Waals surface area (Å²) >= 11 is 0. The number of fused-ring (bicyclic) bond motifs is 4. The zero-order valence-electron chi connectivity index (χ0n) is 51.3. The first-order valence-electron chi connectivity index (χ1n) is 30.1. The Balaban J connectivity index is 0.00000754. The maximum atomic E-state index is 15.8. The molecule has 0 atom stereocenters. The molecule has 3 heterocycles. The molecule has 0 saturated carbocycles. The standard InChI is InChI=1S/C80H69F2N4O.Pt/c1-50(2)54-36-55(51(3)4)38-56(37-54)70-43-60(80(8,9)10)44-71(57-39-61(81)46-62(82)40-57)78(70)85-49-84(73-30-19-20-31-74(73)85)63-41-58(77-66(52-22-13-11-14-23-52)27-21-28-67(77)53-24-15-12-16-25-53)42-65(47-63)87-64-32-33-69-68-26-17-18-29-72(68)86(75(69)48-64)76-45-59(34-35-83-76)79(5,6)7;/h11-46,49-51H,1-10H3;/q-3;. The number of hydrogen-bond acceptors (Lipinski definition) is 4. The van der Waals surface area contributed by atoms with Crippen LogP contribution in [0.1, 0.15) is 103 Å². The first-order chi connectivity index (χ1) is 41.8. The van der Waals surface area contributed by atoms with Gasteiger partial charge in [0.05, 0.1) is 0 Å².